The molecule has 0 aliphatic heterocycles. The number of aromatic nitrogens is 4. The lowest BCUT2D eigenvalue weighted by molar-refractivity contribution is 0.256. The maximum Gasteiger partial charge on any atom is 0.261 e. The lowest BCUT2D eigenvalue weighted by Gasteiger charge is -2.09. The van der Waals surface area contributed by atoms with Crippen molar-refractivity contribution < 1.29 is 13.9 Å². The van der Waals surface area contributed by atoms with Gasteiger partial charge >= 0.3 is 0 Å². The summed E-state index contributed by atoms with van der Waals surface area (Å²) in [5.41, 5.74) is 0.834. The second-order valence-corrected chi connectivity index (χ2v) is 5.76. The van der Waals surface area contributed by atoms with Gasteiger partial charge in [0.25, 0.3) is 5.88 Å². The Hall–Kier alpha value is -2.26. The molecule has 1 aromatic carbocycles. The van der Waals surface area contributed by atoms with Crippen molar-refractivity contribution in [2.45, 2.75) is 5.03 Å². The molecule has 0 atom stereocenters. The molecule has 0 bridgehead atoms. The number of rotatable bonds is 7. The Morgan fingerprint density at radius 2 is 2.29 bits per heavy atom. The van der Waals surface area contributed by atoms with E-state index in [4.69, 9.17) is 21.1 Å². The first kappa shape index (κ1) is 16.6. The molecule has 126 valence electrons. The molecule has 0 radical (unpaired) electrons. The van der Waals surface area contributed by atoms with Crippen LogP contribution in [0.25, 0.3) is 10.9 Å². The number of alkyl halides is 1. The smallest absolute Gasteiger partial charge is 0.261 e. The second kappa shape index (κ2) is 7.54. The van der Waals surface area contributed by atoms with Crippen molar-refractivity contribution in [2.75, 3.05) is 25.1 Å². The zero-order valence-electron chi connectivity index (χ0n) is 12.5. The fraction of sp³-hybridized carbons (Fsp3) is 0.214. The molecule has 0 fully saturated rings. The summed E-state index contributed by atoms with van der Waals surface area (Å²) in [5, 5.41) is 9.40. The summed E-state index contributed by atoms with van der Waals surface area (Å²) >= 11 is 7.19. The van der Waals surface area contributed by atoms with Crippen LogP contribution in [0.5, 0.6) is 11.6 Å². The minimum atomic E-state index is -0.602. The highest BCUT2D eigenvalue weighted by Crippen LogP contribution is 2.29. The van der Waals surface area contributed by atoms with Crippen molar-refractivity contribution in [1.82, 2.24) is 20.2 Å². The molecule has 0 spiro atoms. The first-order valence-electron chi connectivity index (χ1n) is 6.87. The van der Waals surface area contributed by atoms with Crippen molar-refractivity contribution in [3.05, 3.63) is 29.4 Å². The van der Waals surface area contributed by atoms with Gasteiger partial charge in [0.15, 0.2) is 5.75 Å². The Bertz CT molecular complexity index is 847. The number of hydrogen-bond donors (Lipinski definition) is 2. The zero-order valence-corrected chi connectivity index (χ0v) is 14.1. The maximum absolute atomic E-state index is 12.2. The van der Waals surface area contributed by atoms with Crippen LogP contribution < -0.4 is 14.2 Å². The van der Waals surface area contributed by atoms with Gasteiger partial charge in [-0.25, -0.2) is 9.37 Å². The van der Waals surface area contributed by atoms with E-state index in [-0.39, 0.29) is 18.2 Å². The van der Waals surface area contributed by atoms with Crippen molar-refractivity contribution in [2.24, 2.45) is 0 Å². The first-order chi connectivity index (χ1) is 11.7. The van der Waals surface area contributed by atoms with Crippen LogP contribution in [-0.2, 0) is 0 Å². The predicted molar refractivity (Wildman–Crippen MR) is 90.6 cm³/mol. The molecule has 3 aromatic rings. The van der Waals surface area contributed by atoms with Crippen molar-refractivity contribution in [3.8, 4) is 11.6 Å². The SMILES string of the molecule is COc1nc(NSc2n[nH]c3cc(Cl)ccc23)ncc1OCCF. The lowest BCUT2D eigenvalue weighted by Crippen LogP contribution is -2.04. The van der Waals surface area contributed by atoms with Crippen LogP contribution in [0.1, 0.15) is 0 Å². The van der Waals surface area contributed by atoms with Gasteiger partial charge in [-0.1, -0.05) is 11.6 Å². The van der Waals surface area contributed by atoms with Crippen LogP contribution in [0.15, 0.2) is 29.4 Å². The highest BCUT2D eigenvalue weighted by molar-refractivity contribution is 8.00. The first-order valence-corrected chi connectivity index (χ1v) is 8.07. The van der Waals surface area contributed by atoms with Crippen molar-refractivity contribution in [3.63, 3.8) is 0 Å². The highest BCUT2D eigenvalue weighted by Gasteiger charge is 2.11. The van der Waals surface area contributed by atoms with Crippen LogP contribution in [0.4, 0.5) is 10.3 Å². The molecule has 2 N–H and O–H groups in total. The van der Waals surface area contributed by atoms with Crippen molar-refractivity contribution in [1.29, 1.82) is 0 Å². The van der Waals surface area contributed by atoms with E-state index in [2.05, 4.69) is 24.9 Å². The molecule has 0 saturated heterocycles. The highest BCUT2D eigenvalue weighted by atomic mass is 35.5. The predicted octanol–water partition coefficient (Wildman–Crippen LogP) is 3.48. The average Bonchev–Trinajstić information content (AvgIpc) is 3.00. The molecule has 10 heteroatoms. The summed E-state index contributed by atoms with van der Waals surface area (Å²) in [6.07, 6.45) is 1.42. The summed E-state index contributed by atoms with van der Waals surface area (Å²) in [7, 11) is 1.45. The van der Waals surface area contributed by atoms with Crippen LogP contribution in [0, 0.1) is 0 Å². The number of anilines is 1. The summed E-state index contributed by atoms with van der Waals surface area (Å²) < 4.78 is 25.4. The molecule has 2 heterocycles. The fourth-order valence-corrected chi connectivity index (χ4v) is 2.77. The number of methoxy groups -OCH3 is 1. The Labute approximate surface area is 146 Å². The van der Waals surface area contributed by atoms with Gasteiger partial charge in [-0.2, -0.15) is 10.1 Å². The van der Waals surface area contributed by atoms with E-state index in [0.29, 0.717) is 11.0 Å². The molecule has 7 nitrogen and oxygen atoms in total. The zero-order chi connectivity index (χ0) is 16.9. The number of nitrogens with one attached hydrogen (secondary N) is 2. The molecular weight excluding hydrogens is 357 g/mol. The van der Waals surface area contributed by atoms with E-state index < -0.39 is 6.67 Å². The second-order valence-electron chi connectivity index (χ2n) is 4.53. The van der Waals surface area contributed by atoms with E-state index >= 15 is 0 Å². The number of benzene rings is 1. The summed E-state index contributed by atoms with van der Waals surface area (Å²) in [6.45, 7) is -0.682. The summed E-state index contributed by atoms with van der Waals surface area (Å²) in [6, 6.07) is 5.46. The third kappa shape index (κ3) is 3.62. The normalized spacial score (nSPS) is 10.8. The number of H-pyrrole nitrogens is 1. The number of halogens is 2. The molecular formula is C14H13ClFN5O2S. The maximum atomic E-state index is 12.2. The van der Waals surface area contributed by atoms with Gasteiger partial charge in [-0.3, -0.25) is 9.82 Å². The van der Waals surface area contributed by atoms with Crippen molar-refractivity contribution >= 4 is 40.4 Å². The standard InChI is InChI=1S/C14H13ClFN5O2S/c1-22-12-11(23-5-4-16)7-17-14(18-12)21-24-13-9-3-2-8(15)6-10(9)19-20-13/h2-3,6-7H,4-5H2,1H3,(H,19,20)(H,17,18,21). The minimum Gasteiger partial charge on any atom is -0.484 e. The molecule has 2 aromatic heterocycles. The van der Waals surface area contributed by atoms with Crippen LogP contribution in [0.2, 0.25) is 5.02 Å². The van der Waals surface area contributed by atoms with Gasteiger partial charge in [-0.15, -0.1) is 0 Å². The van der Waals surface area contributed by atoms with E-state index in [1.807, 2.05) is 6.07 Å². The largest absolute Gasteiger partial charge is 0.484 e. The summed E-state index contributed by atoms with van der Waals surface area (Å²) in [4.78, 5) is 8.27. The van der Waals surface area contributed by atoms with Gasteiger partial charge in [0, 0.05) is 22.4 Å². The third-order valence-electron chi connectivity index (χ3n) is 2.98. The Morgan fingerprint density at radius 1 is 1.42 bits per heavy atom. The van der Waals surface area contributed by atoms with E-state index in [1.165, 1.54) is 25.3 Å². The van der Waals surface area contributed by atoms with Crippen LogP contribution in [0.3, 0.4) is 0 Å². The van der Waals surface area contributed by atoms with Crippen LogP contribution in [-0.4, -0.2) is 40.6 Å². The number of aromatic amines is 1. The lowest BCUT2D eigenvalue weighted by atomic mass is 10.3. The van der Waals surface area contributed by atoms with E-state index in [0.717, 1.165) is 15.9 Å². The Kier molecular flexibility index (Phi) is 5.21. The topological polar surface area (TPSA) is 85.0 Å². The quantitative estimate of drug-likeness (QED) is 0.616. The van der Waals surface area contributed by atoms with Gasteiger partial charge in [0.2, 0.25) is 5.95 Å². The number of ether oxygens (including phenoxy) is 2. The van der Waals surface area contributed by atoms with Gasteiger partial charge in [-0.05, 0) is 18.2 Å². The van der Waals surface area contributed by atoms with Gasteiger partial charge in [0.05, 0.1) is 18.8 Å². The summed E-state index contributed by atoms with van der Waals surface area (Å²) in [5.74, 6) is 0.820. The number of nitrogens with zero attached hydrogens (tertiary/aromatic N) is 3. The van der Waals surface area contributed by atoms with E-state index in [1.54, 1.807) is 12.1 Å². The van der Waals surface area contributed by atoms with Gasteiger partial charge in [0.1, 0.15) is 18.3 Å². The molecule has 24 heavy (non-hydrogen) atoms. The molecule has 0 saturated carbocycles. The molecule has 0 aliphatic carbocycles. The average molecular weight is 370 g/mol. The minimum absolute atomic E-state index is 0.0803. The monoisotopic (exact) mass is 369 g/mol. The van der Waals surface area contributed by atoms with E-state index in [9.17, 15) is 4.39 Å². The fourth-order valence-electron chi connectivity index (χ4n) is 1.94. The molecule has 3 rings (SSSR count). The van der Waals surface area contributed by atoms with Crippen LogP contribution >= 0.6 is 23.5 Å². The Balaban J connectivity index is 1.73. The molecule has 0 aliphatic rings. The number of hydrogen-bond acceptors (Lipinski definition) is 7. The number of fused-ring (bicyclic) bond motifs is 1. The molecule has 0 unspecified atom stereocenters. The van der Waals surface area contributed by atoms with Gasteiger partial charge < -0.3 is 9.47 Å². The molecule has 0 amide bonds. The Morgan fingerprint density at radius 3 is 3.08 bits per heavy atom. The third-order valence-corrected chi connectivity index (χ3v) is 4.00.